The Morgan fingerprint density at radius 1 is 0.884 bits per heavy atom. The van der Waals surface area contributed by atoms with Gasteiger partial charge in [-0.3, -0.25) is 24.1 Å². The minimum atomic E-state index is -4.54. The molecule has 1 aromatic heterocycles. The highest BCUT2D eigenvalue weighted by atomic mass is 19.4. The number of fused-ring (bicyclic) bond motifs is 1. The van der Waals surface area contributed by atoms with Crippen LogP contribution >= 0.6 is 0 Å². The molecule has 3 aliphatic heterocycles. The topological polar surface area (TPSA) is 94.4 Å². The summed E-state index contributed by atoms with van der Waals surface area (Å²) in [5, 5.41) is 0. The Labute approximate surface area is 245 Å². The molecule has 4 amide bonds. The van der Waals surface area contributed by atoms with Gasteiger partial charge in [0.1, 0.15) is 0 Å². The molecule has 0 aliphatic carbocycles. The molecule has 0 bridgehead atoms. The average Bonchev–Trinajstić information content (AvgIpc) is 3.64. The van der Waals surface area contributed by atoms with Crippen molar-refractivity contribution in [2.75, 3.05) is 44.2 Å². The van der Waals surface area contributed by atoms with E-state index in [1.807, 2.05) is 4.90 Å². The second-order valence-corrected chi connectivity index (χ2v) is 11.0. The third kappa shape index (κ3) is 5.49. The lowest BCUT2D eigenvalue weighted by Gasteiger charge is -2.39. The van der Waals surface area contributed by atoms with Crippen molar-refractivity contribution in [3.8, 4) is 0 Å². The molecule has 0 spiro atoms. The molecule has 2 fully saturated rings. The Hall–Kier alpha value is -4.61. The van der Waals surface area contributed by atoms with Gasteiger partial charge in [0, 0.05) is 39.3 Å². The number of alkyl halides is 3. The first-order valence-corrected chi connectivity index (χ1v) is 14.1. The summed E-state index contributed by atoms with van der Waals surface area (Å²) in [6, 6.07) is 12.8. The van der Waals surface area contributed by atoms with Crippen molar-refractivity contribution < 1.29 is 36.8 Å². The van der Waals surface area contributed by atoms with Gasteiger partial charge in [-0.05, 0) is 54.8 Å². The molecule has 2 aromatic carbocycles. The highest BCUT2D eigenvalue weighted by molar-refractivity contribution is 6.23. The first-order valence-electron chi connectivity index (χ1n) is 14.1. The number of rotatable bonds is 5. The fourth-order valence-electron chi connectivity index (χ4n) is 6.09. The van der Waals surface area contributed by atoms with Crippen LogP contribution in [0.2, 0.25) is 0 Å². The molecule has 224 valence electrons. The number of amides is 4. The lowest BCUT2D eigenvalue weighted by Crippen LogP contribution is -2.53. The maximum absolute atomic E-state index is 13.5. The van der Waals surface area contributed by atoms with Crippen molar-refractivity contribution in [1.82, 2.24) is 14.7 Å². The largest absolute Gasteiger partial charge is 0.459 e. The molecule has 3 aromatic rings. The Bertz CT molecular complexity index is 1560. The van der Waals surface area contributed by atoms with Crippen LogP contribution in [-0.4, -0.2) is 77.6 Å². The smallest absolute Gasteiger partial charge is 0.416 e. The van der Waals surface area contributed by atoms with Crippen LogP contribution in [0.3, 0.4) is 0 Å². The molecular formula is C31H29F3N4O5. The molecule has 0 unspecified atom stereocenters. The third-order valence-electron chi connectivity index (χ3n) is 8.29. The predicted molar refractivity (Wildman–Crippen MR) is 148 cm³/mol. The molecule has 6 rings (SSSR count). The Morgan fingerprint density at radius 2 is 1.63 bits per heavy atom. The summed E-state index contributed by atoms with van der Waals surface area (Å²) < 4.78 is 44.9. The lowest BCUT2D eigenvalue weighted by atomic mass is 9.94. The van der Waals surface area contributed by atoms with Crippen LogP contribution < -0.4 is 4.90 Å². The summed E-state index contributed by atoms with van der Waals surface area (Å²) in [5.74, 6) is -1.43. The Balaban J connectivity index is 1.14. The number of benzene rings is 2. The van der Waals surface area contributed by atoms with Gasteiger partial charge >= 0.3 is 6.18 Å². The van der Waals surface area contributed by atoms with Gasteiger partial charge < -0.3 is 19.1 Å². The van der Waals surface area contributed by atoms with E-state index in [9.17, 15) is 32.3 Å². The number of imide groups is 1. The minimum absolute atomic E-state index is 0.0176. The SMILES string of the molecule is O=C(c1ccco1)N1CCN(C(=O)[C@H]2CCCN(c3cccc4c3C(=O)N(Cc3cccc(C(F)(F)F)c3)C4=O)C2)CC1. The zero-order valence-electron chi connectivity index (χ0n) is 23.2. The second kappa shape index (κ2) is 11.2. The molecule has 0 radical (unpaired) electrons. The number of anilines is 1. The Kier molecular flexibility index (Phi) is 7.45. The molecule has 43 heavy (non-hydrogen) atoms. The van der Waals surface area contributed by atoms with Crippen molar-refractivity contribution in [3.05, 3.63) is 88.9 Å². The summed E-state index contributed by atoms with van der Waals surface area (Å²) in [5.41, 5.74) is 0.281. The normalized spacial score (nSPS) is 19.2. The molecule has 1 atom stereocenters. The van der Waals surface area contributed by atoms with Gasteiger partial charge in [-0.15, -0.1) is 0 Å². The van der Waals surface area contributed by atoms with Crippen LogP contribution in [0.15, 0.2) is 65.3 Å². The number of carbonyl (C=O) groups excluding carboxylic acids is 4. The van der Waals surface area contributed by atoms with Crippen LogP contribution in [0.4, 0.5) is 18.9 Å². The zero-order chi connectivity index (χ0) is 30.3. The maximum atomic E-state index is 13.5. The van der Waals surface area contributed by atoms with Gasteiger partial charge in [0.05, 0.1) is 41.1 Å². The van der Waals surface area contributed by atoms with E-state index >= 15 is 0 Å². The van der Waals surface area contributed by atoms with Crippen LogP contribution in [-0.2, 0) is 17.5 Å². The van der Waals surface area contributed by atoms with E-state index in [2.05, 4.69) is 0 Å². The number of piperazine rings is 1. The second-order valence-electron chi connectivity index (χ2n) is 11.0. The van der Waals surface area contributed by atoms with Crippen molar-refractivity contribution >= 4 is 29.3 Å². The van der Waals surface area contributed by atoms with E-state index < -0.39 is 23.6 Å². The van der Waals surface area contributed by atoms with E-state index in [-0.39, 0.29) is 46.7 Å². The first kappa shape index (κ1) is 28.5. The zero-order valence-corrected chi connectivity index (χ0v) is 23.2. The molecule has 0 N–H and O–H groups in total. The van der Waals surface area contributed by atoms with Gasteiger partial charge in [0.2, 0.25) is 5.91 Å². The van der Waals surface area contributed by atoms with E-state index in [0.29, 0.717) is 57.8 Å². The molecule has 4 heterocycles. The van der Waals surface area contributed by atoms with Gasteiger partial charge in [-0.1, -0.05) is 18.2 Å². The standard InChI is InChI=1S/C31H29F3N4O5/c32-31(33,34)22-7-1-5-20(17-22)18-38-28(40)23-8-2-9-24(26(23)30(38)42)37-11-3-6-21(19-37)27(39)35-12-14-36(15-13-35)29(41)25-10-4-16-43-25/h1-2,4-5,7-10,16-17,21H,3,6,11-15,18-19H2/t21-/m0/s1. The van der Waals surface area contributed by atoms with Crippen molar-refractivity contribution in [2.24, 2.45) is 5.92 Å². The average molecular weight is 595 g/mol. The first-order chi connectivity index (χ1) is 20.6. The summed E-state index contributed by atoms with van der Waals surface area (Å²) in [6.45, 7) is 2.25. The van der Waals surface area contributed by atoms with Crippen molar-refractivity contribution in [2.45, 2.75) is 25.6 Å². The number of hydrogen-bond donors (Lipinski definition) is 0. The van der Waals surface area contributed by atoms with E-state index in [1.165, 1.54) is 18.4 Å². The summed E-state index contributed by atoms with van der Waals surface area (Å²) in [6.07, 6.45) is -1.72. The van der Waals surface area contributed by atoms with Crippen LogP contribution in [0.5, 0.6) is 0 Å². The molecular weight excluding hydrogens is 565 g/mol. The summed E-state index contributed by atoms with van der Waals surface area (Å²) in [4.78, 5) is 59.2. The number of halogens is 3. The van der Waals surface area contributed by atoms with E-state index in [4.69, 9.17) is 4.42 Å². The number of piperidine rings is 1. The van der Waals surface area contributed by atoms with Crippen molar-refractivity contribution in [3.63, 3.8) is 0 Å². The third-order valence-corrected chi connectivity index (χ3v) is 8.29. The number of nitrogens with zero attached hydrogens (tertiary/aromatic N) is 4. The van der Waals surface area contributed by atoms with Crippen LogP contribution in [0.25, 0.3) is 0 Å². The maximum Gasteiger partial charge on any atom is 0.416 e. The molecule has 12 heteroatoms. The van der Waals surface area contributed by atoms with Crippen LogP contribution in [0.1, 0.15) is 55.2 Å². The molecule has 2 saturated heterocycles. The van der Waals surface area contributed by atoms with E-state index in [1.54, 1.807) is 40.1 Å². The molecule has 9 nitrogen and oxygen atoms in total. The fourth-order valence-corrected chi connectivity index (χ4v) is 6.09. The highest BCUT2D eigenvalue weighted by Gasteiger charge is 2.40. The summed E-state index contributed by atoms with van der Waals surface area (Å²) >= 11 is 0. The Morgan fingerprint density at radius 3 is 2.35 bits per heavy atom. The van der Waals surface area contributed by atoms with E-state index in [0.717, 1.165) is 17.0 Å². The lowest BCUT2D eigenvalue weighted by molar-refractivity contribution is -0.138. The highest BCUT2D eigenvalue weighted by Crippen LogP contribution is 2.36. The predicted octanol–water partition coefficient (Wildman–Crippen LogP) is 4.30. The molecule has 3 aliphatic rings. The monoisotopic (exact) mass is 594 g/mol. The van der Waals surface area contributed by atoms with Gasteiger partial charge in [0.25, 0.3) is 17.7 Å². The molecule has 0 saturated carbocycles. The minimum Gasteiger partial charge on any atom is -0.459 e. The number of hydrogen-bond acceptors (Lipinski definition) is 6. The van der Waals surface area contributed by atoms with Crippen LogP contribution in [0, 0.1) is 5.92 Å². The summed E-state index contributed by atoms with van der Waals surface area (Å²) in [7, 11) is 0. The van der Waals surface area contributed by atoms with Gasteiger partial charge in [-0.2, -0.15) is 13.2 Å². The van der Waals surface area contributed by atoms with Crippen molar-refractivity contribution in [1.29, 1.82) is 0 Å². The quantitative estimate of drug-likeness (QED) is 0.409. The van der Waals surface area contributed by atoms with Gasteiger partial charge in [0.15, 0.2) is 5.76 Å². The van der Waals surface area contributed by atoms with Gasteiger partial charge in [-0.25, -0.2) is 0 Å². The number of carbonyl (C=O) groups is 4. The number of furan rings is 1. The fraction of sp³-hybridized carbons (Fsp3) is 0.355.